The van der Waals surface area contributed by atoms with E-state index in [4.69, 9.17) is 9.84 Å². The second-order valence-electron chi connectivity index (χ2n) is 2.87. The summed E-state index contributed by atoms with van der Waals surface area (Å²) in [6, 6.07) is 6.53. The van der Waals surface area contributed by atoms with E-state index in [1.807, 2.05) is 0 Å². The summed E-state index contributed by atoms with van der Waals surface area (Å²) in [4.78, 5) is 10.6. The molecular formula is C10H14N2O4. The van der Waals surface area contributed by atoms with E-state index >= 15 is 0 Å². The maximum Gasteiger partial charge on any atom is 0.408 e. The highest BCUT2D eigenvalue weighted by atomic mass is 16.7. The van der Waals surface area contributed by atoms with Crippen molar-refractivity contribution >= 4 is 11.8 Å². The number of phenolic OH excluding ortho intramolecular Hbond substituents is 1. The van der Waals surface area contributed by atoms with Crippen LogP contribution in [0.4, 0.5) is 10.5 Å². The number of nitrogens with one attached hydrogen (secondary N) is 2. The summed E-state index contributed by atoms with van der Waals surface area (Å²) in [6.07, 6.45) is -0.537. The fourth-order valence-electron chi connectivity index (χ4n) is 0.923. The first-order chi connectivity index (χ1) is 7.72. The van der Waals surface area contributed by atoms with Crippen LogP contribution in [0.2, 0.25) is 0 Å². The van der Waals surface area contributed by atoms with E-state index in [0.717, 1.165) is 5.69 Å². The Bertz CT molecular complexity index is 326. The van der Waals surface area contributed by atoms with Crippen LogP contribution in [0.5, 0.6) is 5.75 Å². The highest BCUT2D eigenvalue weighted by Crippen LogP contribution is 2.13. The molecule has 3 N–H and O–H groups in total. The van der Waals surface area contributed by atoms with Gasteiger partial charge in [-0.3, -0.25) is 0 Å². The van der Waals surface area contributed by atoms with Crippen LogP contribution >= 0.6 is 0 Å². The van der Waals surface area contributed by atoms with Crippen molar-refractivity contribution in [3.8, 4) is 5.75 Å². The van der Waals surface area contributed by atoms with Crippen molar-refractivity contribution < 1.29 is 19.4 Å². The SMILES string of the molecule is CNC(=O)OCOCNc1ccc(O)cc1. The Morgan fingerprint density at radius 2 is 2.06 bits per heavy atom. The zero-order valence-electron chi connectivity index (χ0n) is 8.90. The number of amides is 1. The molecule has 16 heavy (non-hydrogen) atoms. The minimum atomic E-state index is -0.537. The number of carbonyl (C=O) groups excluding carboxylic acids is 1. The minimum Gasteiger partial charge on any atom is -0.508 e. The first kappa shape index (κ1) is 12.1. The number of carbonyl (C=O) groups is 1. The molecule has 1 rings (SSSR count). The van der Waals surface area contributed by atoms with Crippen molar-refractivity contribution in [2.24, 2.45) is 0 Å². The monoisotopic (exact) mass is 226 g/mol. The van der Waals surface area contributed by atoms with Crippen molar-refractivity contribution in [3.05, 3.63) is 24.3 Å². The van der Waals surface area contributed by atoms with Crippen LogP contribution in [0.15, 0.2) is 24.3 Å². The van der Waals surface area contributed by atoms with E-state index in [1.54, 1.807) is 24.3 Å². The average molecular weight is 226 g/mol. The number of anilines is 1. The molecule has 1 amide bonds. The number of hydrogen-bond donors (Lipinski definition) is 3. The molecule has 0 spiro atoms. The van der Waals surface area contributed by atoms with Gasteiger partial charge in [0, 0.05) is 12.7 Å². The molecule has 0 heterocycles. The molecular weight excluding hydrogens is 212 g/mol. The van der Waals surface area contributed by atoms with Crippen LogP contribution in [-0.2, 0) is 9.47 Å². The average Bonchev–Trinajstić information content (AvgIpc) is 2.31. The number of alkyl carbamates (subject to hydrolysis) is 1. The molecule has 0 aliphatic carbocycles. The zero-order chi connectivity index (χ0) is 11.8. The number of aromatic hydroxyl groups is 1. The van der Waals surface area contributed by atoms with Gasteiger partial charge in [-0.05, 0) is 24.3 Å². The maximum absolute atomic E-state index is 10.6. The number of phenols is 1. The Morgan fingerprint density at radius 3 is 2.69 bits per heavy atom. The molecule has 1 aromatic carbocycles. The minimum absolute atomic E-state index is 0.120. The predicted molar refractivity (Wildman–Crippen MR) is 58.1 cm³/mol. The third-order valence-electron chi connectivity index (χ3n) is 1.72. The summed E-state index contributed by atoms with van der Waals surface area (Å²) in [5.41, 5.74) is 0.803. The molecule has 0 saturated heterocycles. The van der Waals surface area contributed by atoms with Crippen LogP contribution in [0.1, 0.15) is 0 Å². The second-order valence-corrected chi connectivity index (χ2v) is 2.87. The van der Waals surface area contributed by atoms with Crippen LogP contribution in [0.3, 0.4) is 0 Å². The Hall–Kier alpha value is -1.95. The molecule has 6 nitrogen and oxygen atoms in total. The number of benzene rings is 1. The third-order valence-corrected chi connectivity index (χ3v) is 1.72. The number of rotatable bonds is 5. The maximum atomic E-state index is 10.6. The van der Waals surface area contributed by atoms with Gasteiger partial charge in [0.15, 0.2) is 6.79 Å². The van der Waals surface area contributed by atoms with Gasteiger partial charge in [-0.25, -0.2) is 4.79 Å². The number of hydrogen-bond acceptors (Lipinski definition) is 5. The van der Waals surface area contributed by atoms with Crippen LogP contribution in [0.25, 0.3) is 0 Å². The molecule has 0 radical (unpaired) electrons. The van der Waals surface area contributed by atoms with Gasteiger partial charge in [0.25, 0.3) is 0 Å². The van der Waals surface area contributed by atoms with Crippen molar-refractivity contribution in [3.63, 3.8) is 0 Å². The summed E-state index contributed by atoms with van der Waals surface area (Å²) in [5, 5.41) is 14.2. The first-order valence-corrected chi connectivity index (χ1v) is 4.67. The normalized spacial score (nSPS) is 9.56. The van der Waals surface area contributed by atoms with Gasteiger partial charge in [-0.15, -0.1) is 0 Å². The van der Waals surface area contributed by atoms with Gasteiger partial charge in [-0.1, -0.05) is 0 Å². The Kier molecular flexibility index (Phi) is 4.94. The van der Waals surface area contributed by atoms with Crippen molar-refractivity contribution in [2.45, 2.75) is 0 Å². The van der Waals surface area contributed by atoms with Crippen molar-refractivity contribution in [1.82, 2.24) is 5.32 Å². The quantitative estimate of drug-likeness (QED) is 0.398. The van der Waals surface area contributed by atoms with Gasteiger partial charge in [0.2, 0.25) is 0 Å². The van der Waals surface area contributed by atoms with Crippen molar-refractivity contribution in [1.29, 1.82) is 0 Å². The Morgan fingerprint density at radius 1 is 1.38 bits per heavy atom. The van der Waals surface area contributed by atoms with Crippen molar-refractivity contribution in [2.75, 3.05) is 25.9 Å². The molecule has 0 unspecified atom stereocenters. The van der Waals surface area contributed by atoms with Gasteiger partial charge in [0.1, 0.15) is 12.5 Å². The third kappa shape index (κ3) is 4.52. The molecule has 0 aliphatic rings. The lowest BCUT2D eigenvalue weighted by Gasteiger charge is -2.07. The lowest BCUT2D eigenvalue weighted by molar-refractivity contribution is -0.00684. The fourth-order valence-corrected chi connectivity index (χ4v) is 0.923. The van der Waals surface area contributed by atoms with Gasteiger partial charge >= 0.3 is 6.09 Å². The fraction of sp³-hybridized carbons (Fsp3) is 0.300. The zero-order valence-corrected chi connectivity index (χ0v) is 8.90. The van der Waals surface area contributed by atoms with Crippen LogP contribution in [-0.4, -0.2) is 31.8 Å². The summed E-state index contributed by atoms with van der Waals surface area (Å²) in [6.45, 7) is 0.0898. The molecule has 0 saturated carbocycles. The van der Waals surface area contributed by atoms with E-state index in [2.05, 4.69) is 15.4 Å². The largest absolute Gasteiger partial charge is 0.508 e. The summed E-state index contributed by atoms with van der Waals surface area (Å²) in [5.74, 6) is 0.203. The Labute approximate surface area is 93.2 Å². The number of ether oxygens (including phenoxy) is 2. The summed E-state index contributed by atoms with van der Waals surface area (Å²) < 4.78 is 9.58. The van der Waals surface area contributed by atoms with Gasteiger partial charge < -0.3 is 25.2 Å². The second kappa shape index (κ2) is 6.52. The van der Waals surface area contributed by atoms with Crippen LogP contribution in [0, 0.1) is 0 Å². The Balaban J connectivity index is 2.11. The van der Waals surface area contributed by atoms with E-state index in [1.165, 1.54) is 7.05 Å². The van der Waals surface area contributed by atoms with Crippen LogP contribution < -0.4 is 10.6 Å². The molecule has 0 aliphatic heterocycles. The molecule has 6 heteroatoms. The standard InChI is InChI=1S/C10H14N2O4/c1-11-10(14)16-7-15-6-12-8-2-4-9(13)5-3-8/h2-5,12-13H,6-7H2,1H3,(H,11,14). The molecule has 1 aromatic rings. The van der Waals surface area contributed by atoms with Gasteiger partial charge in [0.05, 0.1) is 0 Å². The van der Waals surface area contributed by atoms with Gasteiger partial charge in [-0.2, -0.15) is 0 Å². The lowest BCUT2D eigenvalue weighted by atomic mass is 10.3. The molecule has 0 bridgehead atoms. The summed E-state index contributed by atoms with van der Waals surface area (Å²) in [7, 11) is 1.47. The molecule has 0 fully saturated rings. The molecule has 0 aromatic heterocycles. The van der Waals surface area contributed by atoms with E-state index in [9.17, 15) is 4.79 Å². The molecule has 0 atom stereocenters. The van der Waals surface area contributed by atoms with E-state index in [0.29, 0.717) is 0 Å². The predicted octanol–water partition coefficient (Wildman–Crippen LogP) is 1.09. The topological polar surface area (TPSA) is 79.8 Å². The highest BCUT2D eigenvalue weighted by Gasteiger charge is 1.96. The lowest BCUT2D eigenvalue weighted by Crippen LogP contribution is -2.21. The smallest absolute Gasteiger partial charge is 0.408 e. The van der Waals surface area contributed by atoms with E-state index in [-0.39, 0.29) is 19.3 Å². The first-order valence-electron chi connectivity index (χ1n) is 4.67. The highest BCUT2D eigenvalue weighted by molar-refractivity contribution is 5.66. The summed E-state index contributed by atoms with van der Waals surface area (Å²) >= 11 is 0. The molecule has 88 valence electrons. The van der Waals surface area contributed by atoms with E-state index < -0.39 is 6.09 Å².